The van der Waals surface area contributed by atoms with E-state index in [1.165, 1.54) is 12.3 Å². The topological polar surface area (TPSA) is 64.7 Å². The third kappa shape index (κ3) is 3.36. The molecule has 2 rings (SSSR count). The molecule has 0 aliphatic carbocycles. The number of aromatic nitrogens is 4. The van der Waals surface area contributed by atoms with Crippen LogP contribution in [-0.2, 0) is 6.54 Å². The Morgan fingerprint density at radius 1 is 1.37 bits per heavy atom. The molecule has 0 unspecified atom stereocenters. The Labute approximate surface area is 108 Å². The third-order valence-corrected chi connectivity index (χ3v) is 2.50. The van der Waals surface area contributed by atoms with Crippen LogP contribution in [0.15, 0.2) is 30.7 Å². The fourth-order valence-corrected chi connectivity index (χ4v) is 1.62. The Bertz CT molecular complexity index is 523. The van der Waals surface area contributed by atoms with Gasteiger partial charge in [0.25, 0.3) is 5.91 Å². The minimum atomic E-state index is -2.82. The van der Waals surface area contributed by atoms with Gasteiger partial charge >= 0.3 is 6.55 Å². The fraction of sp³-hybridized carbons (Fsp3) is 0.364. The molecule has 0 saturated carbocycles. The zero-order valence-electron chi connectivity index (χ0n) is 10.0. The van der Waals surface area contributed by atoms with Crippen LogP contribution >= 0.6 is 0 Å². The number of halogens is 2. The van der Waals surface area contributed by atoms with Gasteiger partial charge in [0.2, 0.25) is 0 Å². The van der Waals surface area contributed by atoms with Crippen LogP contribution in [0.2, 0.25) is 0 Å². The molecular formula is C11H13F2N5O. The van der Waals surface area contributed by atoms with E-state index in [4.69, 9.17) is 0 Å². The molecule has 1 N–H and O–H groups in total. The number of alkyl halides is 2. The van der Waals surface area contributed by atoms with Crippen molar-refractivity contribution < 1.29 is 13.6 Å². The summed E-state index contributed by atoms with van der Waals surface area (Å²) in [7, 11) is 0. The van der Waals surface area contributed by atoms with Crippen molar-refractivity contribution in [1.29, 1.82) is 0 Å². The van der Waals surface area contributed by atoms with Gasteiger partial charge in [-0.25, -0.2) is 0 Å². The number of nitrogens with one attached hydrogen (secondary N) is 1. The number of carbonyl (C=O) groups is 1. The lowest BCUT2D eigenvalue weighted by Crippen LogP contribution is -2.28. The quantitative estimate of drug-likeness (QED) is 0.804. The first-order valence-corrected chi connectivity index (χ1v) is 5.76. The number of rotatable bonds is 6. The molecule has 19 heavy (non-hydrogen) atoms. The predicted octanol–water partition coefficient (Wildman–Crippen LogP) is 1.29. The van der Waals surface area contributed by atoms with Crippen LogP contribution in [0, 0.1) is 0 Å². The SMILES string of the molecule is O=C(NCCCn1cccn1)c1ccnn1C(F)F. The van der Waals surface area contributed by atoms with Crippen molar-refractivity contribution in [3.05, 3.63) is 36.4 Å². The van der Waals surface area contributed by atoms with Crippen molar-refractivity contribution in [2.75, 3.05) is 6.54 Å². The average molecular weight is 269 g/mol. The maximum absolute atomic E-state index is 12.5. The highest BCUT2D eigenvalue weighted by Crippen LogP contribution is 2.11. The molecule has 0 bridgehead atoms. The van der Waals surface area contributed by atoms with Crippen molar-refractivity contribution in [3.8, 4) is 0 Å². The smallest absolute Gasteiger partial charge is 0.333 e. The number of aryl methyl sites for hydroxylation is 1. The van der Waals surface area contributed by atoms with Crippen LogP contribution in [-0.4, -0.2) is 32.0 Å². The van der Waals surface area contributed by atoms with Crippen LogP contribution in [0.5, 0.6) is 0 Å². The molecule has 0 fully saturated rings. The Morgan fingerprint density at radius 2 is 2.21 bits per heavy atom. The number of nitrogens with zero attached hydrogens (tertiary/aromatic N) is 4. The summed E-state index contributed by atoms with van der Waals surface area (Å²) >= 11 is 0. The lowest BCUT2D eigenvalue weighted by atomic mass is 10.3. The van der Waals surface area contributed by atoms with Gasteiger partial charge in [0, 0.05) is 31.7 Å². The van der Waals surface area contributed by atoms with Crippen LogP contribution in [0.25, 0.3) is 0 Å². The molecule has 6 nitrogen and oxygen atoms in total. The first kappa shape index (κ1) is 13.2. The number of amides is 1. The zero-order chi connectivity index (χ0) is 13.7. The molecule has 8 heteroatoms. The highest BCUT2D eigenvalue weighted by Gasteiger charge is 2.17. The van der Waals surface area contributed by atoms with E-state index in [2.05, 4.69) is 15.5 Å². The maximum atomic E-state index is 12.5. The van der Waals surface area contributed by atoms with Crippen molar-refractivity contribution in [1.82, 2.24) is 24.9 Å². The van der Waals surface area contributed by atoms with Crippen LogP contribution in [0.1, 0.15) is 23.5 Å². The van der Waals surface area contributed by atoms with Crippen molar-refractivity contribution in [2.45, 2.75) is 19.5 Å². The Hall–Kier alpha value is -2.25. The van der Waals surface area contributed by atoms with Gasteiger partial charge in [0.15, 0.2) is 0 Å². The maximum Gasteiger partial charge on any atom is 0.333 e. The summed E-state index contributed by atoms with van der Waals surface area (Å²) in [6.45, 7) is -1.78. The van der Waals surface area contributed by atoms with Crippen LogP contribution in [0.4, 0.5) is 8.78 Å². The molecule has 102 valence electrons. The van der Waals surface area contributed by atoms with Crippen molar-refractivity contribution in [2.24, 2.45) is 0 Å². The van der Waals surface area contributed by atoms with Crippen LogP contribution in [0.3, 0.4) is 0 Å². The third-order valence-electron chi connectivity index (χ3n) is 2.50. The van der Waals surface area contributed by atoms with Crippen molar-refractivity contribution >= 4 is 5.91 Å². The largest absolute Gasteiger partial charge is 0.351 e. The molecule has 2 heterocycles. The lowest BCUT2D eigenvalue weighted by molar-refractivity contribution is 0.0509. The van der Waals surface area contributed by atoms with Crippen molar-refractivity contribution in [3.63, 3.8) is 0 Å². The second-order valence-electron chi connectivity index (χ2n) is 3.82. The first-order chi connectivity index (χ1) is 9.18. The van der Waals surface area contributed by atoms with E-state index in [1.807, 2.05) is 6.20 Å². The van der Waals surface area contributed by atoms with Gasteiger partial charge in [-0.3, -0.25) is 9.48 Å². The fourth-order valence-electron chi connectivity index (χ4n) is 1.62. The van der Waals surface area contributed by atoms with E-state index in [-0.39, 0.29) is 5.69 Å². The Kier molecular flexibility index (Phi) is 4.22. The van der Waals surface area contributed by atoms with Gasteiger partial charge in [0.1, 0.15) is 5.69 Å². The van der Waals surface area contributed by atoms with E-state index in [1.54, 1.807) is 16.9 Å². The monoisotopic (exact) mass is 269 g/mol. The van der Waals surface area contributed by atoms with E-state index in [0.29, 0.717) is 24.2 Å². The van der Waals surface area contributed by atoms with Gasteiger partial charge in [-0.1, -0.05) is 0 Å². The van der Waals surface area contributed by atoms with E-state index < -0.39 is 12.5 Å². The molecule has 0 aromatic carbocycles. The molecule has 2 aromatic heterocycles. The minimum absolute atomic E-state index is 0.144. The minimum Gasteiger partial charge on any atom is -0.351 e. The molecule has 2 aromatic rings. The van der Waals surface area contributed by atoms with Gasteiger partial charge in [0.05, 0.1) is 0 Å². The van der Waals surface area contributed by atoms with Gasteiger partial charge < -0.3 is 5.32 Å². The molecule has 0 radical (unpaired) electrons. The van der Waals surface area contributed by atoms with Gasteiger partial charge in [-0.15, -0.1) is 0 Å². The van der Waals surface area contributed by atoms with Gasteiger partial charge in [-0.2, -0.15) is 23.7 Å². The van der Waals surface area contributed by atoms with E-state index >= 15 is 0 Å². The summed E-state index contributed by atoms with van der Waals surface area (Å²) in [6, 6.07) is 3.06. The van der Waals surface area contributed by atoms with E-state index in [9.17, 15) is 13.6 Å². The summed E-state index contributed by atoms with van der Waals surface area (Å²) in [4.78, 5) is 11.7. The number of hydrogen-bond donors (Lipinski definition) is 1. The molecule has 0 aliphatic rings. The Morgan fingerprint density at radius 3 is 2.89 bits per heavy atom. The zero-order valence-corrected chi connectivity index (χ0v) is 10.0. The normalized spacial score (nSPS) is 10.9. The molecule has 0 atom stereocenters. The predicted molar refractivity (Wildman–Crippen MR) is 62.7 cm³/mol. The average Bonchev–Trinajstić information content (AvgIpc) is 3.04. The second kappa shape index (κ2) is 6.07. The molecule has 1 amide bonds. The number of carbonyl (C=O) groups excluding carboxylic acids is 1. The first-order valence-electron chi connectivity index (χ1n) is 5.76. The molecule has 0 spiro atoms. The lowest BCUT2D eigenvalue weighted by Gasteiger charge is -2.07. The van der Waals surface area contributed by atoms with E-state index in [0.717, 1.165) is 0 Å². The summed E-state index contributed by atoms with van der Waals surface area (Å²) in [5.74, 6) is -0.557. The summed E-state index contributed by atoms with van der Waals surface area (Å²) < 4.78 is 27.1. The highest BCUT2D eigenvalue weighted by molar-refractivity contribution is 5.92. The highest BCUT2D eigenvalue weighted by atomic mass is 19.3. The second-order valence-corrected chi connectivity index (χ2v) is 3.82. The molecule has 0 aliphatic heterocycles. The summed E-state index contributed by atoms with van der Waals surface area (Å²) in [5.41, 5.74) is -0.144. The molecular weight excluding hydrogens is 256 g/mol. The van der Waals surface area contributed by atoms with Gasteiger partial charge in [-0.05, 0) is 18.6 Å². The summed E-state index contributed by atoms with van der Waals surface area (Å²) in [6.07, 6.45) is 5.31. The number of hydrogen-bond acceptors (Lipinski definition) is 3. The molecule has 0 saturated heterocycles. The summed E-state index contributed by atoms with van der Waals surface area (Å²) in [5, 5.41) is 9.98. The van der Waals surface area contributed by atoms with Crippen LogP contribution < -0.4 is 5.32 Å². The standard InChI is InChI=1S/C11H13F2N5O/c12-11(13)18-9(3-6-16-18)10(19)14-4-1-7-17-8-2-5-15-17/h2-3,5-6,8,11H,1,4,7H2,(H,14,19). The Balaban J connectivity index is 1.79.